The topological polar surface area (TPSA) is 75.2 Å². The van der Waals surface area contributed by atoms with Crippen molar-refractivity contribution < 1.29 is 8.42 Å². The zero-order valence-corrected chi connectivity index (χ0v) is 17.3. The summed E-state index contributed by atoms with van der Waals surface area (Å²) in [6, 6.07) is 17.1. The van der Waals surface area contributed by atoms with Crippen molar-refractivity contribution in [2.75, 3.05) is 16.7 Å². The highest BCUT2D eigenvalue weighted by Gasteiger charge is 2.20. The number of benzene rings is 2. The lowest BCUT2D eigenvalue weighted by atomic mass is 10.1. The molecule has 0 fully saturated rings. The average Bonchev–Trinajstić information content (AvgIpc) is 2.61. The van der Waals surface area contributed by atoms with Gasteiger partial charge in [-0.2, -0.15) is 0 Å². The molecule has 1 aromatic heterocycles. The molecule has 0 atom stereocenters. The fraction of sp³-hybridized carbons (Fsp3) is 0.238. The standard InChI is InChI=1S/C21H24N4O2S/c1-15-12-16(2)21(17(3)13-15)28(26,27)24-19-10-11-20(23-22-19)25(4)14-18-8-6-5-7-9-18/h5-13H,14H2,1-4H3,(H,22,24). The van der Waals surface area contributed by atoms with Crippen LogP contribution in [0.1, 0.15) is 22.3 Å². The largest absolute Gasteiger partial charge is 0.354 e. The van der Waals surface area contributed by atoms with Gasteiger partial charge in [-0.15, -0.1) is 10.2 Å². The van der Waals surface area contributed by atoms with Gasteiger partial charge in [-0.05, 0) is 49.6 Å². The highest BCUT2D eigenvalue weighted by atomic mass is 32.2. The van der Waals surface area contributed by atoms with Crippen molar-refractivity contribution in [2.24, 2.45) is 0 Å². The maximum Gasteiger partial charge on any atom is 0.263 e. The normalized spacial score (nSPS) is 11.3. The summed E-state index contributed by atoms with van der Waals surface area (Å²) in [6.07, 6.45) is 0. The van der Waals surface area contributed by atoms with Crippen LogP contribution in [0.4, 0.5) is 11.6 Å². The first kappa shape index (κ1) is 19.8. The summed E-state index contributed by atoms with van der Waals surface area (Å²) in [7, 11) is -1.82. The third-order valence-electron chi connectivity index (χ3n) is 4.42. The zero-order valence-electron chi connectivity index (χ0n) is 16.5. The van der Waals surface area contributed by atoms with E-state index < -0.39 is 10.0 Å². The van der Waals surface area contributed by atoms with Crippen molar-refractivity contribution in [3.63, 3.8) is 0 Å². The minimum absolute atomic E-state index is 0.191. The van der Waals surface area contributed by atoms with Gasteiger partial charge < -0.3 is 4.90 Å². The Bertz CT molecular complexity index is 1040. The zero-order chi connectivity index (χ0) is 20.3. The molecule has 0 radical (unpaired) electrons. The first-order chi connectivity index (χ1) is 13.3. The van der Waals surface area contributed by atoms with Crippen molar-refractivity contribution in [1.82, 2.24) is 10.2 Å². The molecule has 0 saturated carbocycles. The summed E-state index contributed by atoms with van der Waals surface area (Å²) in [5, 5.41) is 8.21. The Morgan fingerprint density at radius 1 is 0.929 bits per heavy atom. The van der Waals surface area contributed by atoms with E-state index in [1.165, 1.54) is 0 Å². The number of hydrogen-bond acceptors (Lipinski definition) is 5. The summed E-state index contributed by atoms with van der Waals surface area (Å²) < 4.78 is 28.2. The summed E-state index contributed by atoms with van der Waals surface area (Å²) in [5.41, 5.74) is 3.59. The second-order valence-corrected chi connectivity index (χ2v) is 8.57. The number of nitrogens with zero attached hydrogens (tertiary/aromatic N) is 3. The number of rotatable bonds is 6. The van der Waals surface area contributed by atoms with Crippen LogP contribution in [0.5, 0.6) is 0 Å². The molecular formula is C21H24N4O2S. The van der Waals surface area contributed by atoms with Gasteiger partial charge in [0.15, 0.2) is 11.6 Å². The lowest BCUT2D eigenvalue weighted by Crippen LogP contribution is -2.20. The minimum Gasteiger partial charge on any atom is -0.354 e. The minimum atomic E-state index is -3.74. The molecule has 0 aliphatic rings. The number of sulfonamides is 1. The molecular weight excluding hydrogens is 372 g/mol. The molecule has 3 aromatic rings. The molecule has 0 unspecified atom stereocenters. The van der Waals surface area contributed by atoms with Gasteiger partial charge in [0.1, 0.15) is 0 Å². The smallest absolute Gasteiger partial charge is 0.263 e. The first-order valence-corrected chi connectivity index (χ1v) is 10.4. The summed E-state index contributed by atoms with van der Waals surface area (Å²) in [4.78, 5) is 2.24. The number of nitrogens with one attached hydrogen (secondary N) is 1. The molecule has 2 aromatic carbocycles. The van der Waals surface area contributed by atoms with Crippen LogP contribution in [0.2, 0.25) is 0 Å². The van der Waals surface area contributed by atoms with E-state index in [0.717, 1.165) is 11.1 Å². The molecule has 0 saturated heterocycles. The van der Waals surface area contributed by atoms with Gasteiger partial charge in [-0.25, -0.2) is 8.42 Å². The van der Waals surface area contributed by atoms with Crippen LogP contribution in [0, 0.1) is 20.8 Å². The average molecular weight is 397 g/mol. The predicted molar refractivity (Wildman–Crippen MR) is 112 cm³/mol. The highest BCUT2D eigenvalue weighted by Crippen LogP contribution is 2.24. The number of aromatic nitrogens is 2. The second kappa shape index (κ2) is 7.98. The molecule has 0 bridgehead atoms. The SMILES string of the molecule is Cc1cc(C)c(S(=O)(=O)Nc2ccc(N(C)Cc3ccccc3)nn2)c(C)c1. The van der Waals surface area contributed by atoms with Gasteiger partial charge in [0.2, 0.25) is 0 Å². The van der Waals surface area contributed by atoms with Gasteiger partial charge in [-0.1, -0.05) is 48.0 Å². The van der Waals surface area contributed by atoms with E-state index in [4.69, 9.17) is 0 Å². The van der Waals surface area contributed by atoms with E-state index in [1.807, 2.05) is 61.3 Å². The Hall–Kier alpha value is -2.93. The predicted octanol–water partition coefficient (Wildman–Crippen LogP) is 3.84. The van der Waals surface area contributed by atoms with Crippen molar-refractivity contribution in [1.29, 1.82) is 0 Å². The Balaban J connectivity index is 1.77. The molecule has 0 aliphatic carbocycles. The Labute approximate surface area is 166 Å². The van der Waals surface area contributed by atoms with Crippen LogP contribution >= 0.6 is 0 Å². The summed E-state index contributed by atoms with van der Waals surface area (Å²) >= 11 is 0. The molecule has 6 nitrogen and oxygen atoms in total. The molecule has 28 heavy (non-hydrogen) atoms. The van der Waals surface area contributed by atoms with Crippen molar-refractivity contribution in [2.45, 2.75) is 32.2 Å². The van der Waals surface area contributed by atoms with Crippen molar-refractivity contribution in [3.05, 3.63) is 76.9 Å². The third kappa shape index (κ3) is 4.48. The van der Waals surface area contributed by atoms with Crippen molar-refractivity contribution in [3.8, 4) is 0 Å². The van der Waals surface area contributed by atoms with Gasteiger partial charge in [0.25, 0.3) is 10.0 Å². The van der Waals surface area contributed by atoms with E-state index >= 15 is 0 Å². The van der Waals surface area contributed by atoms with Crippen LogP contribution in [0.15, 0.2) is 59.5 Å². The fourth-order valence-corrected chi connectivity index (χ4v) is 4.75. The molecule has 0 spiro atoms. The highest BCUT2D eigenvalue weighted by molar-refractivity contribution is 7.92. The van der Waals surface area contributed by atoms with E-state index in [2.05, 4.69) is 14.9 Å². The number of hydrogen-bond donors (Lipinski definition) is 1. The molecule has 1 heterocycles. The summed E-state index contributed by atoms with van der Waals surface area (Å²) in [6.45, 7) is 6.21. The maximum atomic E-state index is 12.8. The van der Waals surface area contributed by atoms with Gasteiger partial charge >= 0.3 is 0 Å². The van der Waals surface area contributed by atoms with Crippen LogP contribution < -0.4 is 9.62 Å². The molecule has 7 heteroatoms. The van der Waals surface area contributed by atoms with E-state index in [1.54, 1.807) is 26.0 Å². The molecule has 1 N–H and O–H groups in total. The Morgan fingerprint density at radius 3 is 2.14 bits per heavy atom. The van der Waals surface area contributed by atoms with Crippen LogP contribution in [0.3, 0.4) is 0 Å². The van der Waals surface area contributed by atoms with Gasteiger partial charge in [0.05, 0.1) is 4.90 Å². The van der Waals surface area contributed by atoms with E-state index in [9.17, 15) is 8.42 Å². The van der Waals surface area contributed by atoms with Gasteiger partial charge in [-0.3, -0.25) is 4.72 Å². The fourth-order valence-electron chi connectivity index (χ4n) is 3.30. The van der Waals surface area contributed by atoms with Crippen LogP contribution in [0.25, 0.3) is 0 Å². The lowest BCUT2D eigenvalue weighted by Gasteiger charge is -2.18. The van der Waals surface area contributed by atoms with Crippen molar-refractivity contribution >= 4 is 21.7 Å². The van der Waals surface area contributed by atoms with Crippen LogP contribution in [-0.4, -0.2) is 25.7 Å². The number of aryl methyl sites for hydroxylation is 3. The van der Waals surface area contributed by atoms with E-state index in [-0.39, 0.29) is 10.7 Å². The maximum absolute atomic E-state index is 12.8. The second-order valence-electron chi connectivity index (χ2n) is 6.95. The molecule has 146 valence electrons. The molecule has 0 amide bonds. The first-order valence-electron chi connectivity index (χ1n) is 8.96. The van der Waals surface area contributed by atoms with Gasteiger partial charge in [0, 0.05) is 13.6 Å². The monoisotopic (exact) mass is 396 g/mol. The molecule has 0 aliphatic heterocycles. The number of anilines is 2. The molecule has 3 rings (SSSR count). The summed E-state index contributed by atoms with van der Waals surface area (Å²) in [5.74, 6) is 0.853. The van der Waals surface area contributed by atoms with Crippen LogP contribution in [-0.2, 0) is 16.6 Å². The Morgan fingerprint density at radius 2 is 1.57 bits per heavy atom. The third-order valence-corrected chi connectivity index (χ3v) is 6.08. The Kier molecular flexibility index (Phi) is 5.65. The lowest BCUT2D eigenvalue weighted by molar-refractivity contribution is 0.599. The van der Waals surface area contributed by atoms with E-state index in [0.29, 0.717) is 23.5 Å². The quantitative estimate of drug-likeness (QED) is 0.685.